The van der Waals surface area contributed by atoms with Crippen molar-refractivity contribution in [1.29, 1.82) is 0 Å². The predicted octanol–water partition coefficient (Wildman–Crippen LogP) is 3.71. The number of Topliss-reactive ketones (excluding diaryl/α,β-unsaturated/α-hetero) is 1. The van der Waals surface area contributed by atoms with E-state index in [0.29, 0.717) is 29.6 Å². The second kappa shape index (κ2) is 5.30. The van der Waals surface area contributed by atoms with Crippen molar-refractivity contribution in [2.24, 2.45) is 34.5 Å². The van der Waals surface area contributed by atoms with Crippen LogP contribution in [0.15, 0.2) is 0 Å². The van der Waals surface area contributed by atoms with Crippen molar-refractivity contribution in [3.63, 3.8) is 0 Å². The van der Waals surface area contributed by atoms with Gasteiger partial charge in [-0.1, -0.05) is 13.8 Å². The van der Waals surface area contributed by atoms with E-state index in [9.17, 15) is 15.0 Å². The molecule has 3 nitrogen and oxygen atoms in total. The van der Waals surface area contributed by atoms with E-state index < -0.39 is 5.60 Å². The Morgan fingerprint density at radius 1 is 0.958 bits per heavy atom. The molecule has 0 spiro atoms. The van der Waals surface area contributed by atoms with Gasteiger partial charge in [0.25, 0.3) is 0 Å². The third-order valence-corrected chi connectivity index (χ3v) is 9.37. The lowest BCUT2D eigenvalue weighted by molar-refractivity contribution is -0.170. The summed E-state index contributed by atoms with van der Waals surface area (Å²) in [5.41, 5.74) is -0.957. The topological polar surface area (TPSA) is 57.5 Å². The zero-order valence-corrected chi connectivity index (χ0v) is 15.6. The quantitative estimate of drug-likeness (QED) is 0.768. The van der Waals surface area contributed by atoms with Crippen LogP contribution >= 0.6 is 0 Å². The Labute approximate surface area is 146 Å². The highest BCUT2D eigenvalue weighted by atomic mass is 16.3. The van der Waals surface area contributed by atoms with Crippen molar-refractivity contribution in [3.8, 4) is 0 Å². The van der Waals surface area contributed by atoms with Crippen LogP contribution in [0.3, 0.4) is 0 Å². The lowest BCUT2D eigenvalue weighted by atomic mass is 9.44. The monoisotopic (exact) mass is 334 g/mol. The fraction of sp³-hybridized carbons (Fsp3) is 0.952. The largest absolute Gasteiger partial charge is 0.393 e. The minimum atomic E-state index is -1.09. The van der Waals surface area contributed by atoms with E-state index in [1.807, 2.05) is 0 Å². The molecule has 8 atom stereocenters. The Balaban J connectivity index is 1.65. The third-order valence-electron chi connectivity index (χ3n) is 9.37. The molecule has 4 rings (SSSR count). The highest BCUT2D eigenvalue weighted by Crippen LogP contribution is 2.68. The van der Waals surface area contributed by atoms with Gasteiger partial charge in [-0.05, 0) is 93.8 Å². The number of hydrogen-bond acceptors (Lipinski definition) is 3. The Morgan fingerprint density at radius 2 is 1.67 bits per heavy atom. The fourth-order valence-electron chi connectivity index (χ4n) is 7.83. The molecule has 0 aromatic carbocycles. The Hall–Kier alpha value is -0.410. The standard InChI is InChI=1S/C21H34O3/c1-13(22)21(24)11-8-18-16-5-4-14-12-15(23)6-9-19(14,2)17(16)7-10-20(18,21)3/h14-18,23-24H,4-12H2,1-3H3/t14-,15-,16-,17+,18+,19?,20+,21+/m1/s1. The summed E-state index contributed by atoms with van der Waals surface area (Å²) in [6, 6.07) is 0. The number of aliphatic hydroxyl groups excluding tert-OH is 1. The molecule has 4 fully saturated rings. The zero-order valence-electron chi connectivity index (χ0n) is 15.6. The van der Waals surface area contributed by atoms with Crippen LogP contribution in [0.2, 0.25) is 0 Å². The molecule has 0 aromatic heterocycles. The number of ketones is 1. The number of carbonyl (C=O) groups is 1. The molecule has 0 aliphatic heterocycles. The summed E-state index contributed by atoms with van der Waals surface area (Å²) in [5.74, 6) is 2.52. The van der Waals surface area contributed by atoms with E-state index in [2.05, 4.69) is 13.8 Å². The fourth-order valence-corrected chi connectivity index (χ4v) is 7.83. The number of fused-ring (bicyclic) bond motifs is 5. The lowest BCUT2D eigenvalue weighted by Crippen LogP contribution is -2.58. The third kappa shape index (κ3) is 2.00. The second-order valence-electron chi connectivity index (χ2n) is 10.00. The van der Waals surface area contributed by atoms with Gasteiger partial charge in [-0.2, -0.15) is 0 Å². The molecule has 4 aliphatic rings. The first-order chi connectivity index (χ1) is 11.2. The van der Waals surface area contributed by atoms with Crippen LogP contribution in [0.25, 0.3) is 0 Å². The number of rotatable bonds is 1. The van der Waals surface area contributed by atoms with E-state index in [0.717, 1.165) is 44.4 Å². The molecule has 0 bridgehead atoms. The van der Waals surface area contributed by atoms with Gasteiger partial charge in [0.1, 0.15) is 5.60 Å². The SMILES string of the molecule is CC(=O)[C@@]1(O)CC[C@H]2[C@@H]3CC[C@@H]4C[C@H](O)CCC4(C)[C@H]3CC[C@@]21C. The van der Waals surface area contributed by atoms with Crippen LogP contribution in [0.5, 0.6) is 0 Å². The summed E-state index contributed by atoms with van der Waals surface area (Å²) in [6.45, 7) is 6.26. The molecule has 2 N–H and O–H groups in total. The van der Waals surface area contributed by atoms with Gasteiger partial charge in [0.05, 0.1) is 6.10 Å². The smallest absolute Gasteiger partial charge is 0.161 e. The summed E-state index contributed by atoms with van der Waals surface area (Å²) in [4.78, 5) is 12.2. The molecule has 0 aromatic rings. The maximum Gasteiger partial charge on any atom is 0.161 e. The molecule has 136 valence electrons. The molecular formula is C21H34O3. The van der Waals surface area contributed by atoms with Crippen LogP contribution < -0.4 is 0 Å². The first-order valence-electron chi connectivity index (χ1n) is 10.1. The van der Waals surface area contributed by atoms with Crippen molar-refractivity contribution in [2.75, 3.05) is 0 Å². The van der Waals surface area contributed by atoms with Crippen LogP contribution in [-0.2, 0) is 4.79 Å². The Bertz CT molecular complexity index is 545. The first-order valence-corrected chi connectivity index (χ1v) is 10.1. The van der Waals surface area contributed by atoms with Gasteiger partial charge < -0.3 is 10.2 Å². The lowest BCUT2D eigenvalue weighted by Gasteiger charge is -2.61. The maximum absolute atomic E-state index is 12.2. The molecule has 1 unspecified atom stereocenters. The van der Waals surface area contributed by atoms with Gasteiger partial charge >= 0.3 is 0 Å². The summed E-state index contributed by atoms with van der Waals surface area (Å²) in [5, 5.41) is 21.3. The summed E-state index contributed by atoms with van der Waals surface area (Å²) < 4.78 is 0. The molecule has 0 amide bonds. The van der Waals surface area contributed by atoms with Crippen LogP contribution in [0.4, 0.5) is 0 Å². The predicted molar refractivity (Wildman–Crippen MR) is 93.4 cm³/mol. The van der Waals surface area contributed by atoms with E-state index in [4.69, 9.17) is 0 Å². The van der Waals surface area contributed by atoms with E-state index in [1.54, 1.807) is 6.92 Å². The average molecular weight is 335 g/mol. The number of aliphatic hydroxyl groups is 2. The minimum Gasteiger partial charge on any atom is -0.393 e. The van der Waals surface area contributed by atoms with Crippen LogP contribution in [-0.4, -0.2) is 27.7 Å². The molecule has 4 aliphatic carbocycles. The number of hydrogen-bond donors (Lipinski definition) is 2. The van der Waals surface area contributed by atoms with Crippen LogP contribution in [0, 0.1) is 34.5 Å². The Kier molecular flexibility index (Phi) is 3.76. The molecular weight excluding hydrogens is 300 g/mol. The van der Waals surface area contributed by atoms with Crippen molar-refractivity contribution < 1.29 is 15.0 Å². The summed E-state index contributed by atoms with van der Waals surface area (Å²) in [7, 11) is 0. The van der Waals surface area contributed by atoms with Gasteiger partial charge in [-0.15, -0.1) is 0 Å². The second-order valence-corrected chi connectivity index (χ2v) is 10.00. The van der Waals surface area contributed by atoms with Gasteiger partial charge in [-0.25, -0.2) is 0 Å². The first kappa shape index (κ1) is 17.0. The zero-order chi connectivity index (χ0) is 17.3. The molecule has 0 saturated heterocycles. The van der Waals surface area contributed by atoms with Gasteiger partial charge in [0, 0.05) is 5.41 Å². The van der Waals surface area contributed by atoms with Gasteiger partial charge in [-0.3, -0.25) is 4.79 Å². The normalized spacial score (nSPS) is 57.0. The molecule has 4 saturated carbocycles. The molecule has 3 heteroatoms. The van der Waals surface area contributed by atoms with Crippen molar-refractivity contribution in [1.82, 2.24) is 0 Å². The highest BCUT2D eigenvalue weighted by Gasteiger charge is 2.65. The van der Waals surface area contributed by atoms with E-state index >= 15 is 0 Å². The van der Waals surface area contributed by atoms with E-state index in [1.165, 1.54) is 12.8 Å². The average Bonchev–Trinajstić information content (AvgIpc) is 2.81. The van der Waals surface area contributed by atoms with Crippen LogP contribution in [0.1, 0.15) is 78.6 Å². The summed E-state index contributed by atoms with van der Waals surface area (Å²) >= 11 is 0. The molecule has 0 heterocycles. The van der Waals surface area contributed by atoms with E-state index in [-0.39, 0.29) is 17.3 Å². The maximum atomic E-state index is 12.2. The molecule has 0 radical (unpaired) electrons. The van der Waals surface area contributed by atoms with Gasteiger partial charge in [0.2, 0.25) is 0 Å². The number of carbonyl (C=O) groups excluding carboxylic acids is 1. The minimum absolute atomic E-state index is 0.0216. The van der Waals surface area contributed by atoms with Crippen molar-refractivity contribution in [2.45, 2.75) is 90.3 Å². The highest BCUT2D eigenvalue weighted by molar-refractivity contribution is 5.86. The van der Waals surface area contributed by atoms with Crippen molar-refractivity contribution in [3.05, 3.63) is 0 Å². The Morgan fingerprint density at radius 3 is 2.38 bits per heavy atom. The van der Waals surface area contributed by atoms with Crippen molar-refractivity contribution >= 4 is 5.78 Å². The summed E-state index contributed by atoms with van der Waals surface area (Å²) in [6.07, 6.45) is 9.25. The van der Waals surface area contributed by atoms with Gasteiger partial charge in [0.15, 0.2) is 5.78 Å². The molecule has 24 heavy (non-hydrogen) atoms.